The molecule has 0 aliphatic rings. The minimum absolute atomic E-state index is 0.0990. The Bertz CT molecular complexity index is 588. The van der Waals surface area contributed by atoms with Crippen molar-refractivity contribution in [1.82, 2.24) is 5.32 Å². The van der Waals surface area contributed by atoms with E-state index in [1.165, 1.54) is 0 Å². The molecule has 1 aromatic rings. The first-order valence-electron chi connectivity index (χ1n) is 6.64. The zero-order valence-electron chi connectivity index (χ0n) is 12.1. The monoisotopic (exact) mass is 332 g/mol. The lowest BCUT2D eigenvalue weighted by molar-refractivity contribution is -0.388. The molecule has 9 heteroatoms. The summed E-state index contributed by atoms with van der Waals surface area (Å²) < 4.78 is 43.5. The number of halogens is 3. The van der Waals surface area contributed by atoms with Crippen molar-refractivity contribution in [3.8, 4) is 5.75 Å². The van der Waals surface area contributed by atoms with E-state index >= 15 is 0 Å². The van der Waals surface area contributed by atoms with Gasteiger partial charge in [-0.1, -0.05) is 6.58 Å². The van der Waals surface area contributed by atoms with Gasteiger partial charge in [0.15, 0.2) is 0 Å². The van der Waals surface area contributed by atoms with E-state index < -0.39 is 22.4 Å². The Balaban J connectivity index is 2.57. The van der Waals surface area contributed by atoms with E-state index in [-0.39, 0.29) is 18.3 Å². The van der Waals surface area contributed by atoms with Gasteiger partial charge < -0.3 is 10.1 Å². The Labute approximate surface area is 130 Å². The molecule has 0 atom stereocenters. The highest BCUT2D eigenvalue weighted by Gasteiger charge is 2.38. The van der Waals surface area contributed by atoms with Gasteiger partial charge in [0.1, 0.15) is 11.3 Å². The lowest BCUT2D eigenvalue weighted by Gasteiger charge is -2.11. The second-order valence-corrected chi connectivity index (χ2v) is 4.48. The summed E-state index contributed by atoms with van der Waals surface area (Å²) in [5.41, 5.74) is -2.37. The highest BCUT2D eigenvalue weighted by atomic mass is 19.4. The van der Waals surface area contributed by atoms with E-state index in [9.17, 15) is 28.1 Å². The molecule has 0 aliphatic heterocycles. The van der Waals surface area contributed by atoms with Gasteiger partial charge in [-0.25, -0.2) is 0 Å². The van der Waals surface area contributed by atoms with Crippen molar-refractivity contribution in [2.24, 2.45) is 0 Å². The van der Waals surface area contributed by atoms with Crippen LogP contribution in [0.25, 0.3) is 0 Å². The molecule has 126 valence electrons. The standard InChI is InChI=1S/C14H15F3N2O4/c1-2-13(20)18-7-3-4-8-23-10-5-6-12(19(21)22)11(9-10)14(15,16)17/h2,5-6,9H,1,3-4,7-8H2,(H,18,20). The molecule has 23 heavy (non-hydrogen) atoms. The number of benzene rings is 1. The SMILES string of the molecule is C=CC(=O)NCCCCOc1ccc([N+](=O)[O-])c(C(F)(F)F)c1. The zero-order valence-corrected chi connectivity index (χ0v) is 12.1. The van der Waals surface area contributed by atoms with Crippen molar-refractivity contribution in [1.29, 1.82) is 0 Å². The molecule has 0 saturated heterocycles. The van der Waals surface area contributed by atoms with Crippen LogP contribution in [0.3, 0.4) is 0 Å². The number of rotatable bonds is 8. The van der Waals surface area contributed by atoms with Crippen LogP contribution in [-0.4, -0.2) is 24.0 Å². The second kappa shape index (κ2) is 8.16. The van der Waals surface area contributed by atoms with Gasteiger partial charge in [-0.3, -0.25) is 14.9 Å². The lowest BCUT2D eigenvalue weighted by Crippen LogP contribution is -2.22. The summed E-state index contributed by atoms with van der Waals surface area (Å²) in [6.07, 6.45) is -2.64. The Morgan fingerprint density at radius 1 is 1.39 bits per heavy atom. The molecule has 1 aromatic carbocycles. The first-order chi connectivity index (χ1) is 10.8. The van der Waals surface area contributed by atoms with Crippen molar-refractivity contribution in [2.45, 2.75) is 19.0 Å². The summed E-state index contributed by atoms with van der Waals surface area (Å²) in [5.74, 6) is -0.408. The lowest BCUT2D eigenvalue weighted by atomic mass is 10.1. The molecule has 0 aliphatic carbocycles. The number of alkyl halides is 3. The number of amides is 1. The van der Waals surface area contributed by atoms with Crippen molar-refractivity contribution >= 4 is 11.6 Å². The third kappa shape index (κ3) is 5.97. The number of nitrogens with zero attached hydrogens (tertiary/aromatic N) is 1. The molecule has 0 radical (unpaired) electrons. The first-order valence-corrected chi connectivity index (χ1v) is 6.64. The number of nitro benzene ring substituents is 1. The third-order valence-electron chi connectivity index (χ3n) is 2.79. The number of ether oxygens (including phenoxy) is 1. The topological polar surface area (TPSA) is 81.5 Å². The molecule has 1 N–H and O–H groups in total. The van der Waals surface area contributed by atoms with Crippen LogP contribution in [-0.2, 0) is 11.0 Å². The molecule has 0 aromatic heterocycles. The van der Waals surface area contributed by atoms with Gasteiger partial charge in [0.25, 0.3) is 5.69 Å². The number of unbranched alkanes of at least 4 members (excludes halogenated alkanes) is 1. The number of hydrogen-bond acceptors (Lipinski definition) is 4. The van der Waals surface area contributed by atoms with Crippen molar-refractivity contribution in [3.63, 3.8) is 0 Å². The Morgan fingerprint density at radius 2 is 2.09 bits per heavy atom. The largest absolute Gasteiger partial charge is 0.494 e. The fourth-order valence-electron chi connectivity index (χ4n) is 1.69. The maximum Gasteiger partial charge on any atom is 0.423 e. The van der Waals surface area contributed by atoms with Crippen molar-refractivity contribution in [3.05, 3.63) is 46.5 Å². The smallest absolute Gasteiger partial charge is 0.423 e. The molecule has 0 unspecified atom stereocenters. The van der Waals surface area contributed by atoms with Crippen LogP contribution in [0, 0.1) is 10.1 Å². The molecule has 0 fully saturated rings. The fraction of sp³-hybridized carbons (Fsp3) is 0.357. The molecular weight excluding hydrogens is 317 g/mol. The summed E-state index contributed by atoms with van der Waals surface area (Å²) in [6.45, 7) is 3.80. The maximum atomic E-state index is 12.8. The van der Waals surface area contributed by atoms with Crippen LogP contribution in [0.15, 0.2) is 30.9 Å². The summed E-state index contributed by atoms with van der Waals surface area (Å²) >= 11 is 0. The minimum Gasteiger partial charge on any atom is -0.494 e. The highest BCUT2D eigenvalue weighted by molar-refractivity contribution is 5.86. The average Bonchev–Trinajstić information content (AvgIpc) is 2.49. The summed E-state index contributed by atoms with van der Waals surface area (Å²) in [6, 6.07) is 2.49. The molecule has 1 rings (SSSR count). The van der Waals surface area contributed by atoms with Gasteiger partial charge in [-0.05, 0) is 31.1 Å². The molecule has 0 heterocycles. The van der Waals surface area contributed by atoms with Gasteiger partial charge in [-0.2, -0.15) is 13.2 Å². The Kier molecular flexibility index (Phi) is 6.55. The number of carbonyl (C=O) groups is 1. The third-order valence-corrected chi connectivity index (χ3v) is 2.79. The summed E-state index contributed by atoms with van der Waals surface area (Å²) in [4.78, 5) is 20.4. The van der Waals surface area contributed by atoms with Gasteiger partial charge in [0.2, 0.25) is 5.91 Å². The van der Waals surface area contributed by atoms with Crippen LogP contribution in [0.1, 0.15) is 18.4 Å². The number of nitrogens with one attached hydrogen (secondary N) is 1. The fourth-order valence-corrected chi connectivity index (χ4v) is 1.69. The number of nitro groups is 1. The predicted octanol–water partition coefficient (Wildman–Crippen LogP) is 3.07. The van der Waals surface area contributed by atoms with Crippen LogP contribution in [0.2, 0.25) is 0 Å². The predicted molar refractivity (Wildman–Crippen MR) is 76.0 cm³/mol. The van der Waals surface area contributed by atoms with Gasteiger partial charge in [0, 0.05) is 12.6 Å². The molecule has 6 nitrogen and oxygen atoms in total. The van der Waals surface area contributed by atoms with Crippen LogP contribution >= 0.6 is 0 Å². The molecule has 0 spiro atoms. The first kappa shape index (κ1) is 18.5. The van der Waals surface area contributed by atoms with E-state index in [1.54, 1.807) is 0 Å². The van der Waals surface area contributed by atoms with Crippen molar-refractivity contribution < 1.29 is 27.6 Å². The normalized spacial score (nSPS) is 10.9. The zero-order chi connectivity index (χ0) is 17.5. The Morgan fingerprint density at radius 3 is 2.65 bits per heavy atom. The minimum atomic E-state index is -4.84. The second-order valence-electron chi connectivity index (χ2n) is 4.48. The van der Waals surface area contributed by atoms with Gasteiger partial charge >= 0.3 is 6.18 Å². The van der Waals surface area contributed by atoms with E-state index in [1.807, 2.05) is 0 Å². The molecule has 1 amide bonds. The van der Waals surface area contributed by atoms with Gasteiger partial charge in [0.05, 0.1) is 11.5 Å². The quantitative estimate of drug-likeness (QED) is 0.343. The van der Waals surface area contributed by atoms with Crippen LogP contribution < -0.4 is 10.1 Å². The van der Waals surface area contributed by atoms with E-state index in [2.05, 4.69) is 11.9 Å². The molecule has 0 bridgehead atoms. The van der Waals surface area contributed by atoms with Gasteiger partial charge in [-0.15, -0.1) is 0 Å². The van der Waals surface area contributed by atoms with E-state index in [0.29, 0.717) is 25.5 Å². The van der Waals surface area contributed by atoms with Crippen molar-refractivity contribution in [2.75, 3.05) is 13.2 Å². The summed E-state index contributed by atoms with van der Waals surface area (Å²) in [5, 5.41) is 13.2. The molecular formula is C14H15F3N2O4. The Hall–Kier alpha value is -2.58. The molecule has 0 saturated carbocycles. The maximum absolute atomic E-state index is 12.8. The average molecular weight is 332 g/mol. The number of hydrogen-bond donors (Lipinski definition) is 1. The number of carbonyl (C=O) groups excluding carboxylic acids is 1. The van der Waals surface area contributed by atoms with E-state index in [4.69, 9.17) is 4.74 Å². The van der Waals surface area contributed by atoms with Crippen LogP contribution in [0.5, 0.6) is 5.75 Å². The van der Waals surface area contributed by atoms with E-state index in [0.717, 1.165) is 18.2 Å². The summed E-state index contributed by atoms with van der Waals surface area (Å²) in [7, 11) is 0. The highest BCUT2D eigenvalue weighted by Crippen LogP contribution is 2.38. The van der Waals surface area contributed by atoms with Crippen LogP contribution in [0.4, 0.5) is 18.9 Å².